The molecule has 9 nitrogen and oxygen atoms in total. The number of carbonyl (C=O) groups excluding carboxylic acids is 1. The number of furan rings is 1. The molecule has 0 radical (unpaired) electrons. The zero-order chi connectivity index (χ0) is 27.2. The highest BCUT2D eigenvalue weighted by molar-refractivity contribution is 5.70. The highest BCUT2D eigenvalue weighted by Crippen LogP contribution is 2.50. The molecule has 9 heteroatoms. The normalized spacial score (nSPS) is 19.6. The summed E-state index contributed by atoms with van der Waals surface area (Å²) in [7, 11) is 8.03. The van der Waals surface area contributed by atoms with Crippen molar-refractivity contribution in [1.29, 1.82) is 0 Å². The van der Waals surface area contributed by atoms with E-state index in [1.54, 1.807) is 53.7 Å². The van der Waals surface area contributed by atoms with Crippen molar-refractivity contribution in [3.63, 3.8) is 0 Å². The molecule has 1 aromatic heterocycles. The van der Waals surface area contributed by atoms with Gasteiger partial charge in [0.15, 0.2) is 23.5 Å². The van der Waals surface area contributed by atoms with Crippen molar-refractivity contribution in [2.24, 2.45) is 11.8 Å². The molecule has 0 saturated carbocycles. The van der Waals surface area contributed by atoms with Crippen molar-refractivity contribution in [2.45, 2.75) is 25.7 Å². The largest absolute Gasteiger partial charge is 0.497 e. The van der Waals surface area contributed by atoms with Crippen LogP contribution in [0.2, 0.25) is 0 Å². The molecule has 0 spiro atoms. The molecule has 1 aliphatic rings. The lowest BCUT2D eigenvalue weighted by Gasteiger charge is -2.29. The lowest BCUT2D eigenvalue weighted by atomic mass is 9.82. The maximum Gasteiger partial charge on any atom is 0.185 e. The monoisotopic (exact) mass is 526 g/mol. The van der Waals surface area contributed by atoms with Gasteiger partial charge in [-0.25, -0.2) is 0 Å². The van der Waals surface area contributed by atoms with Gasteiger partial charge in [0.1, 0.15) is 29.6 Å². The van der Waals surface area contributed by atoms with Gasteiger partial charge in [0.2, 0.25) is 0 Å². The van der Waals surface area contributed by atoms with Crippen LogP contribution in [0.3, 0.4) is 0 Å². The van der Waals surface area contributed by atoms with E-state index < -0.39 is 6.10 Å². The molecule has 4 rings (SSSR count). The highest BCUT2D eigenvalue weighted by Gasteiger charge is 2.43. The molecule has 1 aliphatic heterocycles. The molecule has 3 aromatic rings. The fourth-order valence-electron chi connectivity index (χ4n) is 4.96. The molecule has 204 valence electrons. The van der Waals surface area contributed by atoms with Gasteiger partial charge in [-0.15, -0.1) is 0 Å². The van der Waals surface area contributed by atoms with E-state index in [0.29, 0.717) is 47.4 Å². The first-order chi connectivity index (χ1) is 18.5. The molecule has 2 heterocycles. The topological polar surface area (TPSA) is 94.8 Å². The van der Waals surface area contributed by atoms with Crippen molar-refractivity contribution >= 4 is 6.29 Å². The zero-order valence-electron chi connectivity index (χ0n) is 22.5. The van der Waals surface area contributed by atoms with Crippen molar-refractivity contribution < 1.29 is 42.4 Å². The van der Waals surface area contributed by atoms with Crippen LogP contribution in [0.4, 0.5) is 0 Å². The Kier molecular flexibility index (Phi) is 8.81. The number of rotatable bonds is 12. The molecule has 38 heavy (non-hydrogen) atoms. The summed E-state index contributed by atoms with van der Waals surface area (Å²) in [6, 6.07) is 12.7. The average molecular weight is 527 g/mol. The molecule has 0 bridgehead atoms. The molecule has 0 amide bonds. The Labute approximate surface area is 222 Å². The molecule has 1 fully saturated rings. The molecule has 2 aromatic carbocycles. The third kappa shape index (κ3) is 5.44. The van der Waals surface area contributed by atoms with E-state index in [4.69, 9.17) is 37.6 Å². The maximum absolute atomic E-state index is 11.1. The first-order valence-electron chi connectivity index (χ1n) is 12.3. The van der Waals surface area contributed by atoms with Crippen LogP contribution in [0.5, 0.6) is 28.7 Å². The highest BCUT2D eigenvalue weighted by atomic mass is 16.5. The van der Waals surface area contributed by atoms with Crippen LogP contribution in [0.1, 0.15) is 46.6 Å². The van der Waals surface area contributed by atoms with Gasteiger partial charge in [-0.05, 0) is 36.2 Å². The summed E-state index contributed by atoms with van der Waals surface area (Å²) in [5.74, 6) is 3.90. The van der Waals surface area contributed by atoms with Crippen molar-refractivity contribution in [3.05, 3.63) is 65.1 Å². The van der Waals surface area contributed by atoms with Gasteiger partial charge in [0.25, 0.3) is 0 Å². The maximum atomic E-state index is 11.1. The summed E-state index contributed by atoms with van der Waals surface area (Å²) in [4.78, 5) is 11.1. The number of aldehydes is 1. The second kappa shape index (κ2) is 12.2. The van der Waals surface area contributed by atoms with Gasteiger partial charge in [-0.3, -0.25) is 4.79 Å². The number of benzene rings is 2. The smallest absolute Gasteiger partial charge is 0.185 e. The van der Waals surface area contributed by atoms with E-state index in [-0.39, 0.29) is 30.3 Å². The molecule has 0 N–H and O–H groups in total. The summed E-state index contributed by atoms with van der Waals surface area (Å²) >= 11 is 0. The molecule has 1 saturated heterocycles. The summed E-state index contributed by atoms with van der Waals surface area (Å²) in [6.45, 7) is 2.73. The Balaban J connectivity index is 1.69. The molecule has 4 atom stereocenters. The fourth-order valence-corrected chi connectivity index (χ4v) is 4.96. The standard InChI is InChI=1S/C29H34O9/c1-17-23(16-37-28(17)22-12-26(34-5)27(35-6)13-25(22)33-4)29(36-15-20-8-7-19(14-30)38-20)21-10-9-18(31-2)11-24(21)32-3/h7-14,17,23,28-29H,15-16H2,1-6H3. The van der Waals surface area contributed by atoms with Crippen LogP contribution in [0.15, 0.2) is 46.9 Å². The molecule has 0 aliphatic carbocycles. The van der Waals surface area contributed by atoms with Crippen LogP contribution >= 0.6 is 0 Å². The Hall–Kier alpha value is -3.69. The Bertz CT molecular complexity index is 1230. The van der Waals surface area contributed by atoms with Gasteiger partial charge in [-0.1, -0.05) is 6.92 Å². The van der Waals surface area contributed by atoms with Gasteiger partial charge in [-0.2, -0.15) is 0 Å². The predicted octanol–water partition coefficient (Wildman–Crippen LogP) is 5.42. The second-order valence-electron chi connectivity index (χ2n) is 8.99. The third-order valence-corrected chi connectivity index (χ3v) is 7.00. The molecule has 4 unspecified atom stereocenters. The minimum absolute atomic E-state index is 0.0148. The number of carbonyl (C=O) groups is 1. The van der Waals surface area contributed by atoms with Crippen LogP contribution in [-0.4, -0.2) is 48.4 Å². The van der Waals surface area contributed by atoms with Gasteiger partial charge in [0, 0.05) is 29.2 Å². The van der Waals surface area contributed by atoms with E-state index in [2.05, 4.69) is 6.92 Å². The minimum atomic E-state index is -0.410. The van der Waals surface area contributed by atoms with Crippen molar-refractivity contribution in [3.8, 4) is 28.7 Å². The first kappa shape index (κ1) is 27.3. The summed E-state index contributed by atoms with van der Waals surface area (Å²) in [5, 5.41) is 0. The van der Waals surface area contributed by atoms with Crippen molar-refractivity contribution in [1.82, 2.24) is 0 Å². The summed E-state index contributed by atoms with van der Waals surface area (Å²) in [6.07, 6.45) is -0.0243. The zero-order valence-corrected chi connectivity index (χ0v) is 22.5. The summed E-state index contributed by atoms with van der Waals surface area (Å²) in [5.41, 5.74) is 1.72. The van der Waals surface area contributed by atoms with E-state index in [9.17, 15) is 4.79 Å². The van der Waals surface area contributed by atoms with E-state index >= 15 is 0 Å². The van der Waals surface area contributed by atoms with E-state index in [0.717, 1.165) is 11.1 Å². The average Bonchev–Trinajstić information content (AvgIpc) is 3.58. The van der Waals surface area contributed by atoms with Gasteiger partial charge >= 0.3 is 0 Å². The number of methoxy groups -OCH3 is 5. The quantitative estimate of drug-likeness (QED) is 0.287. The Morgan fingerprint density at radius 2 is 1.58 bits per heavy atom. The van der Waals surface area contributed by atoms with Crippen LogP contribution in [-0.2, 0) is 16.1 Å². The van der Waals surface area contributed by atoms with Crippen LogP contribution in [0.25, 0.3) is 0 Å². The molecular formula is C29H34O9. The minimum Gasteiger partial charge on any atom is -0.497 e. The van der Waals surface area contributed by atoms with E-state index in [1.165, 1.54) is 0 Å². The number of hydrogen-bond acceptors (Lipinski definition) is 9. The van der Waals surface area contributed by atoms with Crippen LogP contribution in [0, 0.1) is 11.8 Å². The third-order valence-electron chi connectivity index (χ3n) is 7.00. The first-order valence-corrected chi connectivity index (χ1v) is 12.3. The lowest BCUT2D eigenvalue weighted by Crippen LogP contribution is -2.23. The second-order valence-corrected chi connectivity index (χ2v) is 8.99. The Morgan fingerprint density at radius 3 is 2.21 bits per heavy atom. The Morgan fingerprint density at radius 1 is 0.868 bits per heavy atom. The van der Waals surface area contributed by atoms with Gasteiger partial charge < -0.3 is 37.6 Å². The SMILES string of the molecule is COc1ccc(C(OCc2ccc(C=O)o2)C2COC(c3cc(OC)c(OC)cc3OC)C2C)c(OC)c1. The van der Waals surface area contributed by atoms with Crippen molar-refractivity contribution in [2.75, 3.05) is 42.2 Å². The van der Waals surface area contributed by atoms with Gasteiger partial charge in [0.05, 0.1) is 54.4 Å². The number of hydrogen-bond donors (Lipinski definition) is 0. The number of ether oxygens (including phenoxy) is 7. The molecular weight excluding hydrogens is 492 g/mol. The summed E-state index contributed by atoms with van der Waals surface area (Å²) < 4.78 is 46.2. The van der Waals surface area contributed by atoms with Crippen LogP contribution < -0.4 is 23.7 Å². The predicted molar refractivity (Wildman–Crippen MR) is 139 cm³/mol. The lowest BCUT2D eigenvalue weighted by molar-refractivity contribution is -0.0197. The fraction of sp³-hybridized carbons (Fsp3) is 0.414. The van der Waals surface area contributed by atoms with E-state index in [1.807, 2.05) is 24.3 Å².